The first kappa shape index (κ1) is 59.9. The number of rotatable bonds is 46. The SMILES string of the molecule is CCCCCCCCCCCCCC/C=C\CCCCCCCCCCCC(O)C(=O)NC(COC1OC(CO)C(O)C(O)C1O)C(O)CCCCCCCCCCCCCCC. The molecule has 10 nitrogen and oxygen atoms in total. The second-order valence-corrected chi connectivity index (χ2v) is 19.2. The van der Waals surface area contributed by atoms with E-state index in [1.165, 1.54) is 180 Å². The van der Waals surface area contributed by atoms with Crippen LogP contribution in [0.2, 0.25) is 0 Å². The number of aliphatic hydroxyl groups excluding tert-OH is 6. The molecule has 0 radical (unpaired) electrons. The zero-order chi connectivity index (χ0) is 46.0. The van der Waals surface area contributed by atoms with E-state index in [2.05, 4.69) is 31.3 Å². The van der Waals surface area contributed by atoms with Gasteiger partial charge in [-0.25, -0.2) is 0 Å². The Morgan fingerprint density at radius 3 is 1.29 bits per heavy atom. The van der Waals surface area contributed by atoms with Gasteiger partial charge in [0.05, 0.1) is 25.4 Å². The van der Waals surface area contributed by atoms with Gasteiger partial charge in [0.15, 0.2) is 6.29 Å². The normalized spacial score (nSPS) is 20.7. The maximum atomic E-state index is 13.1. The summed E-state index contributed by atoms with van der Waals surface area (Å²) >= 11 is 0. The Kier molecular flexibility index (Phi) is 41.3. The fourth-order valence-electron chi connectivity index (χ4n) is 8.81. The lowest BCUT2D eigenvalue weighted by Gasteiger charge is -2.40. The van der Waals surface area contributed by atoms with Crippen molar-refractivity contribution in [2.75, 3.05) is 13.2 Å². The number of hydrogen-bond acceptors (Lipinski definition) is 9. The predicted octanol–water partition coefficient (Wildman–Crippen LogP) is 11.4. The number of hydrogen-bond donors (Lipinski definition) is 7. The number of unbranched alkanes of at least 4 members (excludes halogenated alkanes) is 33. The molecule has 0 aliphatic carbocycles. The molecule has 1 amide bonds. The van der Waals surface area contributed by atoms with Gasteiger partial charge in [-0.15, -0.1) is 0 Å². The highest BCUT2D eigenvalue weighted by Crippen LogP contribution is 2.23. The van der Waals surface area contributed by atoms with Gasteiger partial charge < -0.3 is 45.4 Å². The molecule has 7 N–H and O–H groups in total. The molecule has 0 spiro atoms. The van der Waals surface area contributed by atoms with Crippen molar-refractivity contribution in [3.8, 4) is 0 Å². The van der Waals surface area contributed by atoms with E-state index in [9.17, 15) is 35.4 Å². The van der Waals surface area contributed by atoms with Crippen molar-refractivity contribution in [3.05, 3.63) is 12.2 Å². The molecule has 0 aromatic heterocycles. The van der Waals surface area contributed by atoms with Crippen LogP contribution < -0.4 is 5.32 Å². The van der Waals surface area contributed by atoms with Gasteiger partial charge in [-0.2, -0.15) is 0 Å². The lowest BCUT2D eigenvalue weighted by molar-refractivity contribution is -0.302. The molecule has 63 heavy (non-hydrogen) atoms. The van der Waals surface area contributed by atoms with Gasteiger partial charge in [-0.1, -0.05) is 231 Å². The Morgan fingerprint density at radius 2 is 0.889 bits per heavy atom. The van der Waals surface area contributed by atoms with Crippen molar-refractivity contribution in [2.45, 2.75) is 307 Å². The summed E-state index contributed by atoms with van der Waals surface area (Å²) in [6.45, 7) is 3.69. The number of ether oxygens (including phenoxy) is 2. The number of carbonyl (C=O) groups is 1. The van der Waals surface area contributed by atoms with Gasteiger partial charge in [0.1, 0.15) is 30.5 Å². The van der Waals surface area contributed by atoms with Crippen LogP contribution >= 0.6 is 0 Å². The Bertz CT molecular complexity index is 1010. The molecule has 374 valence electrons. The summed E-state index contributed by atoms with van der Waals surface area (Å²) in [4.78, 5) is 13.1. The van der Waals surface area contributed by atoms with Crippen molar-refractivity contribution < 1.29 is 44.9 Å². The number of aliphatic hydroxyl groups is 6. The summed E-state index contributed by atoms with van der Waals surface area (Å²) in [5.74, 6) is -0.582. The molecule has 1 saturated heterocycles. The van der Waals surface area contributed by atoms with E-state index in [1.807, 2.05) is 0 Å². The molecule has 1 heterocycles. The third kappa shape index (κ3) is 33.1. The number of carbonyl (C=O) groups excluding carboxylic acids is 1. The minimum atomic E-state index is -1.59. The largest absolute Gasteiger partial charge is 0.394 e. The fraction of sp³-hybridized carbons (Fsp3) is 0.943. The van der Waals surface area contributed by atoms with Crippen LogP contribution in [0, 0.1) is 0 Å². The zero-order valence-electron chi connectivity index (χ0n) is 41.0. The van der Waals surface area contributed by atoms with Crippen molar-refractivity contribution in [1.29, 1.82) is 0 Å². The second kappa shape index (κ2) is 43.5. The first-order valence-electron chi connectivity index (χ1n) is 27.0. The molecule has 8 unspecified atom stereocenters. The van der Waals surface area contributed by atoms with Crippen molar-refractivity contribution in [1.82, 2.24) is 5.32 Å². The first-order valence-corrected chi connectivity index (χ1v) is 27.0. The summed E-state index contributed by atoms with van der Waals surface area (Å²) < 4.78 is 11.2. The van der Waals surface area contributed by atoms with Crippen LogP contribution in [0.1, 0.15) is 258 Å². The summed E-state index contributed by atoms with van der Waals surface area (Å²) in [6.07, 6.45) is 41.3. The van der Waals surface area contributed by atoms with Crippen molar-refractivity contribution in [3.63, 3.8) is 0 Å². The van der Waals surface area contributed by atoms with E-state index in [-0.39, 0.29) is 6.61 Å². The molecule has 8 atom stereocenters. The third-order valence-corrected chi connectivity index (χ3v) is 13.2. The lowest BCUT2D eigenvalue weighted by atomic mass is 9.99. The highest BCUT2D eigenvalue weighted by atomic mass is 16.7. The Labute approximate surface area is 387 Å². The van der Waals surface area contributed by atoms with E-state index in [0.717, 1.165) is 51.4 Å². The van der Waals surface area contributed by atoms with Crippen LogP contribution in [0.5, 0.6) is 0 Å². The van der Waals surface area contributed by atoms with Gasteiger partial charge >= 0.3 is 0 Å². The first-order chi connectivity index (χ1) is 30.8. The van der Waals surface area contributed by atoms with Gasteiger partial charge in [0.25, 0.3) is 0 Å². The minimum absolute atomic E-state index is 0.253. The maximum absolute atomic E-state index is 13.1. The minimum Gasteiger partial charge on any atom is -0.394 e. The smallest absolute Gasteiger partial charge is 0.249 e. The molecule has 1 rings (SSSR count). The Hall–Kier alpha value is -1.11. The molecule has 0 saturated carbocycles. The predicted molar refractivity (Wildman–Crippen MR) is 260 cm³/mol. The van der Waals surface area contributed by atoms with Crippen LogP contribution in [-0.2, 0) is 14.3 Å². The molecule has 1 aliphatic heterocycles. The number of amides is 1. The van der Waals surface area contributed by atoms with Gasteiger partial charge in [-0.05, 0) is 38.5 Å². The third-order valence-electron chi connectivity index (χ3n) is 13.2. The zero-order valence-corrected chi connectivity index (χ0v) is 41.0. The van der Waals surface area contributed by atoms with Crippen LogP contribution in [0.25, 0.3) is 0 Å². The van der Waals surface area contributed by atoms with Crippen LogP contribution in [0.4, 0.5) is 0 Å². The van der Waals surface area contributed by atoms with E-state index < -0.39 is 61.5 Å². The molecule has 0 bridgehead atoms. The second-order valence-electron chi connectivity index (χ2n) is 19.2. The van der Waals surface area contributed by atoms with Crippen molar-refractivity contribution in [2.24, 2.45) is 0 Å². The van der Waals surface area contributed by atoms with Gasteiger partial charge in [-0.3, -0.25) is 4.79 Å². The summed E-state index contributed by atoms with van der Waals surface area (Å²) in [5.41, 5.74) is 0. The van der Waals surface area contributed by atoms with Crippen LogP contribution in [-0.4, -0.2) is 98.7 Å². The highest BCUT2D eigenvalue weighted by Gasteiger charge is 2.44. The Morgan fingerprint density at radius 1 is 0.524 bits per heavy atom. The average Bonchev–Trinajstić information content (AvgIpc) is 3.28. The topological polar surface area (TPSA) is 169 Å². The average molecular weight is 898 g/mol. The molecule has 1 aliphatic rings. The van der Waals surface area contributed by atoms with E-state index in [4.69, 9.17) is 9.47 Å². The summed E-state index contributed by atoms with van der Waals surface area (Å²) in [7, 11) is 0. The maximum Gasteiger partial charge on any atom is 0.249 e. The molecule has 10 heteroatoms. The van der Waals surface area contributed by atoms with Crippen LogP contribution in [0.15, 0.2) is 12.2 Å². The van der Waals surface area contributed by atoms with E-state index in [1.54, 1.807) is 0 Å². The van der Waals surface area contributed by atoms with Gasteiger partial charge in [0, 0.05) is 0 Å². The number of nitrogens with one attached hydrogen (secondary N) is 1. The molecular formula is C53H103NO9. The van der Waals surface area contributed by atoms with E-state index >= 15 is 0 Å². The molecular weight excluding hydrogens is 795 g/mol. The Balaban J connectivity index is 2.24. The van der Waals surface area contributed by atoms with E-state index in [0.29, 0.717) is 12.8 Å². The molecule has 1 fully saturated rings. The monoisotopic (exact) mass is 898 g/mol. The summed E-state index contributed by atoms with van der Waals surface area (Å²) in [5, 5.41) is 65.0. The highest BCUT2D eigenvalue weighted by molar-refractivity contribution is 5.80. The van der Waals surface area contributed by atoms with Gasteiger partial charge in [0.2, 0.25) is 5.91 Å². The van der Waals surface area contributed by atoms with Crippen molar-refractivity contribution >= 4 is 5.91 Å². The standard InChI is InChI=1S/C53H103NO9/c1-3-5-7-9-11-13-15-17-18-19-20-21-22-23-24-25-26-27-28-30-32-34-36-38-40-42-47(57)52(61)54-45(44-62-53-51(60)50(59)49(58)48(43-55)63-53)46(56)41-39-37-35-33-31-29-16-14-12-10-8-6-4-2/h23-24,45-51,53,55-60H,3-22,25-44H2,1-2H3,(H,54,61)/b24-23-. The number of allylic oxidation sites excluding steroid dienone is 2. The quantitative estimate of drug-likeness (QED) is 0.0232. The lowest BCUT2D eigenvalue weighted by Crippen LogP contribution is -2.60. The molecule has 0 aromatic carbocycles. The summed E-state index contributed by atoms with van der Waals surface area (Å²) in [6, 6.07) is -0.892. The molecule has 0 aromatic rings. The fourth-order valence-corrected chi connectivity index (χ4v) is 8.81. The van der Waals surface area contributed by atoms with Crippen LogP contribution in [0.3, 0.4) is 0 Å².